The van der Waals surface area contributed by atoms with Gasteiger partial charge in [-0.25, -0.2) is 0 Å². The van der Waals surface area contributed by atoms with Gasteiger partial charge < -0.3 is 10.2 Å². The third-order valence-electron chi connectivity index (χ3n) is 7.68. The van der Waals surface area contributed by atoms with Crippen LogP contribution in [0.25, 0.3) is 34.4 Å². The molecule has 3 aromatic carbocycles. The summed E-state index contributed by atoms with van der Waals surface area (Å²) >= 11 is 0. The van der Waals surface area contributed by atoms with Gasteiger partial charge in [-0.2, -0.15) is 42.1 Å². The lowest BCUT2D eigenvalue weighted by molar-refractivity contribution is 0.458. The highest BCUT2D eigenvalue weighted by Crippen LogP contribution is 2.51. The molecule has 0 amide bonds. The van der Waals surface area contributed by atoms with Gasteiger partial charge in [-0.3, -0.25) is 0 Å². The fourth-order valence-corrected chi connectivity index (χ4v) is 5.73. The summed E-state index contributed by atoms with van der Waals surface area (Å²) in [5.74, 6) is -0.832. The first-order valence-electron chi connectivity index (χ1n) is 13.7. The fraction of sp³-hybridized carbons (Fsp3) is 0. The average molecular weight is 615 g/mol. The van der Waals surface area contributed by atoms with Crippen LogP contribution in [-0.2, 0) is 0 Å². The number of allylic oxidation sites excluding steroid dienone is 10. The second kappa shape index (κ2) is 12.7. The maximum atomic E-state index is 11.2. The molecule has 10 heteroatoms. The standard InChI is InChI=1S/C38H14N8O2/c39-13-23(14-40)35-27-5-1-2-6-28(27)36(24(15-41)16-42)31(35)9-21-11-34(48)22(12-33(21)47)10-32-37(25(17-43)18-44)29-7-3-4-8-30(29)38(32)26(19-45)20-46/h1-12,47-48H. The van der Waals surface area contributed by atoms with Gasteiger partial charge in [-0.1, -0.05) is 48.5 Å². The number of aromatic hydroxyl groups is 2. The number of hydrogen-bond donors (Lipinski definition) is 2. The molecule has 0 unspecified atom stereocenters. The highest BCUT2D eigenvalue weighted by Gasteiger charge is 2.34. The molecular weight excluding hydrogens is 600 g/mol. The summed E-state index contributed by atoms with van der Waals surface area (Å²) in [5.41, 5.74) is 1.20. The van der Waals surface area contributed by atoms with E-state index in [1.165, 1.54) is 24.3 Å². The molecule has 0 saturated heterocycles. The van der Waals surface area contributed by atoms with Crippen molar-refractivity contribution in [2.75, 3.05) is 0 Å². The third-order valence-corrected chi connectivity index (χ3v) is 7.68. The van der Waals surface area contributed by atoms with Gasteiger partial charge in [0.25, 0.3) is 0 Å². The summed E-state index contributed by atoms with van der Waals surface area (Å²) in [4.78, 5) is 0. The summed E-state index contributed by atoms with van der Waals surface area (Å²) in [7, 11) is 0. The van der Waals surface area contributed by atoms with E-state index in [4.69, 9.17) is 0 Å². The van der Waals surface area contributed by atoms with Gasteiger partial charge in [0.15, 0.2) is 0 Å². The monoisotopic (exact) mass is 614 g/mol. The molecular formula is C38H14N8O2. The zero-order chi connectivity index (χ0) is 34.5. The normalized spacial score (nSPS) is 11.9. The Morgan fingerprint density at radius 3 is 0.854 bits per heavy atom. The minimum Gasteiger partial charge on any atom is -0.507 e. The van der Waals surface area contributed by atoms with Crippen LogP contribution in [0.3, 0.4) is 0 Å². The molecule has 218 valence electrons. The number of rotatable bonds is 2. The summed E-state index contributed by atoms with van der Waals surface area (Å²) < 4.78 is 0. The Balaban J connectivity index is 1.81. The first-order valence-corrected chi connectivity index (χ1v) is 13.7. The van der Waals surface area contributed by atoms with Crippen molar-refractivity contribution in [1.82, 2.24) is 0 Å². The predicted molar refractivity (Wildman–Crippen MR) is 171 cm³/mol. The van der Waals surface area contributed by atoms with E-state index < -0.39 is 11.5 Å². The number of phenols is 2. The third kappa shape index (κ3) is 4.89. The van der Waals surface area contributed by atoms with Gasteiger partial charge in [-0.15, -0.1) is 0 Å². The van der Waals surface area contributed by atoms with Gasteiger partial charge in [-0.05, 0) is 57.7 Å². The molecule has 2 aliphatic rings. The highest BCUT2D eigenvalue weighted by atomic mass is 16.3. The van der Waals surface area contributed by atoms with Crippen LogP contribution in [0, 0.1) is 90.6 Å². The van der Waals surface area contributed by atoms with Crippen molar-refractivity contribution in [3.8, 4) is 60.1 Å². The molecule has 2 N–H and O–H groups in total. The van der Waals surface area contributed by atoms with E-state index in [9.17, 15) is 52.3 Å². The molecule has 0 bridgehead atoms. The SMILES string of the molecule is N#CC(C#N)=C1C(=Cc2cc(O)c(C=C3C(=C(C#N)C#N)c4ccccc4C3=C(C#N)C#N)cc2O)C(=C(C#N)C#N)c2ccccc21. The number of phenolic OH excluding ortho intramolecular Hbond substituents is 2. The molecule has 3 aromatic rings. The average Bonchev–Trinajstić information content (AvgIpc) is 3.59. The summed E-state index contributed by atoms with van der Waals surface area (Å²) in [6.07, 6.45) is 2.68. The fourth-order valence-electron chi connectivity index (χ4n) is 5.73. The number of hydrogen-bond acceptors (Lipinski definition) is 10. The molecule has 0 radical (unpaired) electrons. The molecule has 10 nitrogen and oxygen atoms in total. The molecule has 0 atom stereocenters. The molecule has 0 spiro atoms. The Bertz CT molecular complexity index is 2170. The van der Waals surface area contributed by atoms with Crippen LogP contribution in [0.4, 0.5) is 0 Å². The van der Waals surface area contributed by atoms with Crippen LogP contribution in [0.2, 0.25) is 0 Å². The summed E-state index contributed by atoms with van der Waals surface area (Å²) in [5, 5.41) is 101. The predicted octanol–water partition coefficient (Wildman–Crippen LogP) is 6.50. The van der Waals surface area contributed by atoms with E-state index >= 15 is 0 Å². The molecule has 0 aliphatic heterocycles. The number of benzene rings is 3. The Labute approximate surface area is 273 Å². The summed E-state index contributed by atoms with van der Waals surface area (Å²) in [6.45, 7) is 0. The van der Waals surface area contributed by atoms with E-state index in [1.54, 1.807) is 48.5 Å². The lowest BCUT2D eigenvalue weighted by atomic mass is 9.92. The minimum atomic E-state index is -0.416. The van der Waals surface area contributed by atoms with E-state index in [2.05, 4.69) is 0 Å². The van der Waals surface area contributed by atoms with Crippen molar-refractivity contribution in [2.24, 2.45) is 0 Å². The lowest BCUT2D eigenvalue weighted by Gasteiger charge is -2.10. The maximum absolute atomic E-state index is 11.2. The quantitative estimate of drug-likeness (QED) is 0.235. The topological polar surface area (TPSA) is 231 Å². The smallest absolute Gasteiger partial charge is 0.138 e. The van der Waals surface area contributed by atoms with E-state index in [0.29, 0.717) is 22.3 Å². The van der Waals surface area contributed by atoms with Crippen LogP contribution in [-0.4, -0.2) is 10.2 Å². The van der Waals surface area contributed by atoms with Crippen molar-refractivity contribution >= 4 is 34.4 Å². The van der Waals surface area contributed by atoms with Crippen molar-refractivity contribution in [2.45, 2.75) is 0 Å². The maximum Gasteiger partial charge on any atom is 0.138 e. The van der Waals surface area contributed by atoms with Crippen molar-refractivity contribution < 1.29 is 10.2 Å². The molecule has 0 heterocycles. The molecule has 48 heavy (non-hydrogen) atoms. The van der Waals surface area contributed by atoms with Gasteiger partial charge in [0, 0.05) is 33.4 Å². The Morgan fingerprint density at radius 1 is 0.417 bits per heavy atom. The van der Waals surface area contributed by atoms with Crippen LogP contribution in [0.1, 0.15) is 33.4 Å². The molecule has 0 aromatic heterocycles. The van der Waals surface area contributed by atoms with Crippen molar-refractivity contribution in [1.29, 1.82) is 42.1 Å². The van der Waals surface area contributed by atoms with E-state index in [0.717, 1.165) is 0 Å². The molecule has 0 saturated carbocycles. The lowest BCUT2D eigenvalue weighted by Crippen LogP contribution is -1.92. The van der Waals surface area contributed by atoms with E-state index in [-0.39, 0.29) is 66.9 Å². The Kier molecular flexibility index (Phi) is 8.21. The molecule has 2 aliphatic carbocycles. The van der Waals surface area contributed by atoms with Crippen molar-refractivity contribution in [3.05, 3.63) is 127 Å². The van der Waals surface area contributed by atoms with Gasteiger partial charge >= 0.3 is 0 Å². The number of nitriles is 8. The van der Waals surface area contributed by atoms with Gasteiger partial charge in [0.05, 0.1) is 0 Å². The van der Waals surface area contributed by atoms with E-state index in [1.807, 2.05) is 48.6 Å². The zero-order valence-electron chi connectivity index (χ0n) is 24.4. The molecule has 0 fully saturated rings. The summed E-state index contributed by atoms with van der Waals surface area (Å²) in [6, 6.07) is 30.3. The second-order valence-corrected chi connectivity index (χ2v) is 10.1. The van der Waals surface area contributed by atoms with Crippen LogP contribution in [0.5, 0.6) is 11.5 Å². The highest BCUT2D eigenvalue weighted by molar-refractivity contribution is 6.16. The van der Waals surface area contributed by atoms with Crippen LogP contribution >= 0.6 is 0 Å². The first-order chi connectivity index (χ1) is 23.3. The Morgan fingerprint density at radius 2 is 0.646 bits per heavy atom. The molecule has 5 rings (SSSR count). The van der Waals surface area contributed by atoms with Crippen LogP contribution < -0.4 is 0 Å². The van der Waals surface area contributed by atoms with Crippen LogP contribution in [0.15, 0.2) is 94.1 Å². The minimum absolute atomic E-state index is 0.0105. The van der Waals surface area contributed by atoms with Gasteiger partial charge in [0.2, 0.25) is 0 Å². The zero-order valence-corrected chi connectivity index (χ0v) is 24.4. The van der Waals surface area contributed by atoms with Crippen molar-refractivity contribution in [3.63, 3.8) is 0 Å². The number of nitrogens with zero attached hydrogens (tertiary/aromatic N) is 8. The van der Waals surface area contributed by atoms with Gasteiger partial charge in [0.1, 0.15) is 82.3 Å². The Hall–Kier alpha value is -8.38. The largest absolute Gasteiger partial charge is 0.507 e. The first kappa shape index (κ1) is 31.1. The second-order valence-electron chi connectivity index (χ2n) is 10.1. The number of fused-ring (bicyclic) bond motifs is 2.